The summed E-state index contributed by atoms with van der Waals surface area (Å²) in [5, 5.41) is 0.830. The lowest BCUT2D eigenvalue weighted by atomic mass is 10.00. The van der Waals surface area contributed by atoms with Crippen molar-refractivity contribution in [1.82, 2.24) is 0 Å². The summed E-state index contributed by atoms with van der Waals surface area (Å²) < 4.78 is 0. The van der Waals surface area contributed by atoms with E-state index in [2.05, 4.69) is 24.8 Å². The molecule has 2 rings (SSSR count). The lowest BCUT2D eigenvalue weighted by Crippen LogP contribution is -2.43. The number of halogens is 1. The number of nitrogens with two attached hydrogens (primary N) is 1. The summed E-state index contributed by atoms with van der Waals surface area (Å²) in [4.78, 5) is 7.21. The molecule has 0 saturated carbocycles. The van der Waals surface area contributed by atoms with Crippen LogP contribution in [0.3, 0.4) is 0 Å². The quantitative estimate of drug-likeness (QED) is 0.856. The lowest BCUT2D eigenvalue weighted by Gasteiger charge is -2.38. The van der Waals surface area contributed by atoms with Crippen LogP contribution in [0.2, 0.25) is 5.02 Å². The molecule has 100 valence electrons. The molecule has 1 unspecified atom stereocenters. The van der Waals surface area contributed by atoms with Crippen molar-refractivity contribution in [2.75, 3.05) is 18.1 Å². The van der Waals surface area contributed by atoms with E-state index < -0.39 is 0 Å². The Balaban J connectivity index is 2.33. The molecular formula is C14H21ClN2O. The molecule has 0 aliphatic carbocycles. The van der Waals surface area contributed by atoms with Gasteiger partial charge in [0.05, 0.1) is 23.4 Å². The predicted octanol–water partition coefficient (Wildman–Crippen LogP) is 3.21. The summed E-state index contributed by atoms with van der Waals surface area (Å²) in [6.07, 6.45) is 3.54. The summed E-state index contributed by atoms with van der Waals surface area (Å²) in [6, 6.07) is 4.54. The molecule has 0 spiro atoms. The average molecular weight is 269 g/mol. The molecule has 1 aromatic rings. The van der Waals surface area contributed by atoms with Gasteiger partial charge in [-0.15, -0.1) is 0 Å². The first-order chi connectivity index (χ1) is 8.63. The molecule has 2 N–H and O–H groups in total. The van der Waals surface area contributed by atoms with Crippen LogP contribution in [0.5, 0.6) is 0 Å². The standard InChI is InChI=1S/C14H21ClN2O/c1-10-7-11(2)14(13(15)8-10)17-6-4-3-5-12(17)9-18-16/h7-8,12H,3-6,9,16H2,1-2H3. The number of aryl methyl sites for hydroxylation is 2. The third-order valence-electron chi connectivity index (χ3n) is 3.60. The van der Waals surface area contributed by atoms with E-state index in [0.29, 0.717) is 12.6 Å². The molecular weight excluding hydrogens is 248 g/mol. The molecule has 1 fully saturated rings. The summed E-state index contributed by atoms with van der Waals surface area (Å²) >= 11 is 6.42. The third-order valence-corrected chi connectivity index (χ3v) is 3.89. The van der Waals surface area contributed by atoms with Crippen molar-refractivity contribution in [3.63, 3.8) is 0 Å². The van der Waals surface area contributed by atoms with Crippen molar-refractivity contribution < 1.29 is 4.84 Å². The second-order valence-electron chi connectivity index (χ2n) is 5.09. The first kappa shape index (κ1) is 13.7. The fourth-order valence-corrected chi connectivity index (χ4v) is 3.28. The molecule has 1 aliphatic rings. The van der Waals surface area contributed by atoms with Gasteiger partial charge in [-0.2, -0.15) is 0 Å². The van der Waals surface area contributed by atoms with Crippen molar-refractivity contribution in [3.05, 3.63) is 28.3 Å². The van der Waals surface area contributed by atoms with Crippen molar-refractivity contribution in [2.24, 2.45) is 5.90 Å². The highest BCUT2D eigenvalue weighted by molar-refractivity contribution is 6.33. The first-order valence-corrected chi connectivity index (χ1v) is 6.86. The van der Waals surface area contributed by atoms with Crippen LogP contribution in [0.1, 0.15) is 30.4 Å². The van der Waals surface area contributed by atoms with E-state index in [-0.39, 0.29) is 0 Å². The molecule has 1 aromatic carbocycles. The minimum absolute atomic E-state index is 0.336. The molecule has 18 heavy (non-hydrogen) atoms. The maximum atomic E-state index is 6.42. The van der Waals surface area contributed by atoms with E-state index in [4.69, 9.17) is 22.3 Å². The van der Waals surface area contributed by atoms with Crippen LogP contribution in [0, 0.1) is 13.8 Å². The van der Waals surface area contributed by atoms with E-state index in [0.717, 1.165) is 23.7 Å². The molecule has 0 bridgehead atoms. The van der Waals surface area contributed by atoms with E-state index in [1.54, 1.807) is 0 Å². The Kier molecular flexibility index (Phi) is 4.49. The van der Waals surface area contributed by atoms with Crippen LogP contribution in [0.15, 0.2) is 12.1 Å². The van der Waals surface area contributed by atoms with Gasteiger partial charge in [-0.1, -0.05) is 17.7 Å². The minimum Gasteiger partial charge on any atom is -0.365 e. The molecule has 0 amide bonds. The van der Waals surface area contributed by atoms with Gasteiger partial charge >= 0.3 is 0 Å². The average Bonchev–Trinajstić information content (AvgIpc) is 2.30. The van der Waals surface area contributed by atoms with E-state index in [1.165, 1.54) is 24.0 Å². The number of rotatable bonds is 3. The van der Waals surface area contributed by atoms with E-state index in [9.17, 15) is 0 Å². The topological polar surface area (TPSA) is 38.5 Å². The van der Waals surface area contributed by atoms with Crippen LogP contribution in [0.25, 0.3) is 0 Å². The highest BCUT2D eigenvalue weighted by Crippen LogP contribution is 2.35. The summed E-state index contributed by atoms with van der Waals surface area (Å²) in [6.45, 7) is 5.77. The van der Waals surface area contributed by atoms with Gasteiger partial charge in [0.25, 0.3) is 0 Å². The third kappa shape index (κ3) is 2.79. The largest absolute Gasteiger partial charge is 0.365 e. The van der Waals surface area contributed by atoms with Crippen LogP contribution >= 0.6 is 11.6 Å². The van der Waals surface area contributed by atoms with Gasteiger partial charge in [-0.05, 0) is 50.3 Å². The van der Waals surface area contributed by atoms with Gasteiger partial charge in [0, 0.05) is 6.54 Å². The number of benzene rings is 1. The molecule has 1 saturated heterocycles. The van der Waals surface area contributed by atoms with Gasteiger partial charge in [-0.25, -0.2) is 5.90 Å². The highest BCUT2D eigenvalue weighted by Gasteiger charge is 2.25. The van der Waals surface area contributed by atoms with Crippen molar-refractivity contribution >= 4 is 17.3 Å². The van der Waals surface area contributed by atoms with Crippen LogP contribution < -0.4 is 10.8 Å². The minimum atomic E-state index is 0.336. The predicted molar refractivity (Wildman–Crippen MR) is 76.1 cm³/mol. The molecule has 4 heteroatoms. The molecule has 0 aromatic heterocycles. The van der Waals surface area contributed by atoms with Gasteiger partial charge in [0.15, 0.2) is 0 Å². The number of hydrogen-bond donors (Lipinski definition) is 1. The number of piperidine rings is 1. The molecule has 3 nitrogen and oxygen atoms in total. The fourth-order valence-electron chi connectivity index (χ4n) is 2.85. The van der Waals surface area contributed by atoms with E-state index >= 15 is 0 Å². The second-order valence-corrected chi connectivity index (χ2v) is 5.50. The maximum absolute atomic E-state index is 6.42. The highest BCUT2D eigenvalue weighted by atomic mass is 35.5. The van der Waals surface area contributed by atoms with Crippen molar-refractivity contribution in [2.45, 2.75) is 39.2 Å². The lowest BCUT2D eigenvalue weighted by molar-refractivity contribution is 0.114. The normalized spacial score (nSPS) is 20.2. The Morgan fingerprint density at radius 2 is 2.17 bits per heavy atom. The summed E-state index contributed by atoms with van der Waals surface area (Å²) in [7, 11) is 0. The monoisotopic (exact) mass is 268 g/mol. The van der Waals surface area contributed by atoms with Crippen molar-refractivity contribution in [1.29, 1.82) is 0 Å². The fraction of sp³-hybridized carbons (Fsp3) is 0.571. The van der Waals surface area contributed by atoms with Crippen LogP contribution in [-0.2, 0) is 4.84 Å². The van der Waals surface area contributed by atoms with Crippen LogP contribution in [0.4, 0.5) is 5.69 Å². The Bertz CT molecular complexity index is 397. The van der Waals surface area contributed by atoms with Crippen molar-refractivity contribution in [3.8, 4) is 0 Å². The first-order valence-electron chi connectivity index (χ1n) is 6.48. The van der Waals surface area contributed by atoms with Gasteiger partial charge < -0.3 is 9.74 Å². The van der Waals surface area contributed by atoms with Gasteiger partial charge in [-0.3, -0.25) is 0 Å². The number of anilines is 1. The van der Waals surface area contributed by atoms with Crippen LogP contribution in [-0.4, -0.2) is 19.2 Å². The summed E-state index contributed by atoms with van der Waals surface area (Å²) in [5.41, 5.74) is 3.57. The maximum Gasteiger partial charge on any atom is 0.0882 e. The Labute approximate surface area is 114 Å². The number of hydrogen-bond acceptors (Lipinski definition) is 3. The van der Waals surface area contributed by atoms with Gasteiger partial charge in [0.2, 0.25) is 0 Å². The zero-order valence-electron chi connectivity index (χ0n) is 11.1. The number of nitrogens with zero attached hydrogens (tertiary/aromatic N) is 1. The Morgan fingerprint density at radius 3 is 2.83 bits per heavy atom. The molecule has 0 radical (unpaired) electrons. The second kappa shape index (κ2) is 5.91. The molecule has 1 aliphatic heterocycles. The zero-order valence-corrected chi connectivity index (χ0v) is 11.8. The SMILES string of the molecule is Cc1cc(C)c(N2CCCCC2CON)c(Cl)c1. The molecule has 1 heterocycles. The van der Waals surface area contributed by atoms with Gasteiger partial charge in [0.1, 0.15) is 0 Å². The Hall–Kier alpha value is -0.770. The Morgan fingerprint density at radius 1 is 1.39 bits per heavy atom. The smallest absolute Gasteiger partial charge is 0.0882 e. The van der Waals surface area contributed by atoms with E-state index in [1.807, 2.05) is 6.07 Å². The zero-order chi connectivity index (χ0) is 13.1. The molecule has 1 atom stereocenters. The summed E-state index contributed by atoms with van der Waals surface area (Å²) in [5.74, 6) is 5.24.